The fraction of sp³-hybridized carbons (Fsp3) is 0.917. The zero-order chi connectivity index (χ0) is 11.8. The zero-order valence-corrected chi connectivity index (χ0v) is 9.98. The fourth-order valence-electron chi connectivity index (χ4n) is 2.03. The summed E-state index contributed by atoms with van der Waals surface area (Å²) in [5.41, 5.74) is 0. The van der Waals surface area contributed by atoms with E-state index < -0.39 is 5.97 Å². The minimum absolute atomic E-state index is 0.150. The molecule has 0 atom stereocenters. The van der Waals surface area contributed by atoms with Crippen molar-refractivity contribution < 1.29 is 19.4 Å². The van der Waals surface area contributed by atoms with E-state index in [0.29, 0.717) is 0 Å². The third-order valence-corrected chi connectivity index (χ3v) is 3.01. The van der Waals surface area contributed by atoms with E-state index in [1.165, 1.54) is 0 Å². The number of carboxylic acids is 1. The third kappa shape index (κ3) is 4.94. The maximum absolute atomic E-state index is 10.7. The summed E-state index contributed by atoms with van der Waals surface area (Å²) in [4.78, 5) is 10.7. The van der Waals surface area contributed by atoms with Gasteiger partial charge in [-0.3, -0.25) is 4.79 Å². The summed E-state index contributed by atoms with van der Waals surface area (Å²) in [7, 11) is 0. The summed E-state index contributed by atoms with van der Waals surface area (Å²) < 4.78 is 10.9. The highest BCUT2D eigenvalue weighted by atomic mass is 16.5. The molecule has 1 aliphatic rings. The second-order valence-corrected chi connectivity index (χ2v) is 4.23. The molecule has 4 nitrogen and oxygen atoms in total. The lowest BCUT2D eigenvalue weighted by atomic mass is 9.87. The Morgan fingerprint density at radius 2 is 1.94 bits per heavy atom. The maximum atomic E-state index is 10.7. The van der Waals surface area contributed by atoms with E-state index >= 15 is 0 Å². The van der Waals surface area contributed by atoms with Crippen molar-refractivity contribution >= 4 is 5.97 Å². The summed E-state index contributed by atoms with van der Waals surface area (Å²) in [6, 6.07) is 0. The van der Waals surface area contributed by atoms with E-state index in [4.69, 9.17) is 14.6 Å². The van der Waals surface area contributed by atoms with Crippen LogP contribution in [0.2, 0.25) is 0 Å². The van der Waals surface area contributed by atoms with E-state index in [2.05, 4.69) is 0 Å². The second-order valence-electron chi connectivity index (χ2n) is 4.23. The molecule has 0 amide bonds. The molecule has 16 heavy (non-hydrogen) atoms. The average Bonchev–Trinajstić information content (AvgIpc) is 2.29. The van der Waals surface area contributed by atoms with E-state index in [0.717, 1.165) is 51.9 Å². The minimum atomic E-state index is -0.658. The van der Waals surface area contributed by atoms with Crippen molar-refractivity contribution in [1.82, 2.24) is 0 Å². The van der Waals surface area contributed by atoms with Crippen molar-refractivity contribution in [1.29, 1.82) is 0 Å². The Bertz CT molecular complexity index is 197. The van der Waals surface area contributed by atoms with Gasteiger partial charge in [0, 0.05) is 19.8 Å². The number of carbonyl (C=O) groups is 1. The number of ether oxygens (including phenoxy) is 2. The first-order valence-corrected chi connectivity index (χ1v) is 6.16. The number of rotatable bonds is 7. The molecule has 0 aliphatic heterocycles. The Morgan fingerprint density at radius 3 is 2.50 bits per heavy atom. The standard InChI is InChI=1S/C12H22O4/c1-2-15-8-3-9-16-11-6-4-10(5-7-11)12(13)14/h10-11H,2-9H2,1H3,(H,13,14). The number of hydrogen-bond acceptors (Lipinski definition) is 3. The molecule has 0 heterocycles. The lowest BCUT2D eigenvalue weighted by molar-refractivity contribution is -0.143. The van der Waals surface area contributed by atoms with Gasteiger partial charge in [0.2, 0.25) is 0 Å². The molecule has 0 aromatic carbocycles. The fourth-order valence-corrected chi connectivity index (χ4v) is 2.03. The molecule has 1 saturated carbocycles. The van der Waals surface area contributed by atoms with Crippen LogP contribution in [0.3, 0.4) is 0 Å². The van der Waals surface area contributed by atoms with Gasteiger partial charge in [0.05, 0.1) is 12.0 Å². The van der Waals surface area contributed by atoms with Crippen molar-refractivity contribution in [3.63, 3.8) is 0 Å². The molecule has 1 N–H and O–H groups in total. The maximum Gasteiger partial charge on any atom is 0.306 e. The van der Waals surface area contributed by atoms with E-state index in [-0.39, 0.29) is 12.0 Å². The second kappa shape index (κ2) is 7.63. The van der Waals surface area contributed by atoms with Crippen LogP contribution in [0, 0.1) is 5.92 Å². The molecule has 0 radical (unpaired) electrons. The van der Waals surface area contributed by atoms with Crippen LogP contribution in [0.25, 0.3) is 0 Å². The van der Waals surface area contributed by atoms with Crippen molar-refractivity contribution in [2.45, 2.75) is 45.1 Å². The first-order valence-electron chi connectivity index (χ1n) is 6.16. The van der Waals surface area contributed by atoms with E-state index in [1.807, 2.05) is 6.92 Å². The van der Waals surface area contributed by atoms with Crippen molar-refractivity contribution in [3.05, 3.63) is 0 Å². The normalized spacial score (nSPS) is 25.6. The van der Waals surface area contributed by atoms with Gasteiger partial charge >= 0.3 is 5.97 Å². The molecule has 0 aromatic rings. The Balaban J connectivity index is 2.02. The van der Waals surface area contributed by atoms with Gasteiger partial charge in [0.15, 0.2) is 0 Å². The summed E-state index contributed by atoms with van der Waals surface area (Å²) in [5.74, 6) is -0.807. The van der Waals surface area contributed by atoms with Gasteiger partial charge in [-0.25, -0.2) is 0 Å². The SMILES string of the molecule is CCOCCCOC1CCC(C(=O)O)CC1. The molecule has 0 aromatic heterocycles. The average molecular weight is 230 g/mol. The highest BCUT2D eigenvalue weighted by molar-refractivity contribution is 5.69. The molecule has 0 unspecified atom stereocenters. The van der Waals surface area contributed by atoms with Crippen LogP contribution in [0.4, 0.5) is 0 Å². The van der Waals surface area contributed by atoms with Crippen LogP contribution in [0.1, 0.15) is 39.0 Å². The number of hydrogen-bond donors (Lipinski definition) is 1. The molecule has 0 spiro atoms. The van der Waals surface area contributed by atoms with Crippen molar-refractivity contribution in [3.8, 4) is 0 Å². The Kier molecular flexibility index (Phi) is 6.42. The Hall–Kier alpha value is -0.610. The van der Waals surface area contributed by atoms with Crippen molar-refractivity contribution in [2.75, 3.05) is 19.8 Å². The zero-order valence-electron chi connectivity index (χ0n) is 9.98. The van der Waals surface area contributed by atoms with Gasteiger partial charge in [-0.05, 0) is 39.0 Å². The summed E-state index contributed by atoms with van der Waals surface area (Å²) in [5, 5.41) is 8.84. The highest BCUT2D eigenvalue weighted by Gasteiger charge is 2.25. The van der Waals surface area contributed by atoms with Gasteiger partial charge < -0.3 is 14.6 Å². The van der Waals surface area contributed by atoms with E-state index in [1.54, 1.807) is 0 Å². The molecular weight excluding hydrogens is 208 g/mol. The quantitative estimate of drug-likeness (QED) is 0.680. The minimum Gasteiger partial charge on any atom is -0.481 e. The van der Waals surface area contributed by atoms with Gasteiger partial charge in [0.25, 0.3) is 0 Å². The smallest absolute Gasteiger partial charge is 0.306 e. The van der Waals surface area contributed by atoms with Gasteiger partial charge in [-0.1, -0.05) is 0 Å². The van der Waals surface area contributed by atoms with Gasteiger partial charge in [-0.15, -0.1) is 0 Å². The Morgan fingerprint density at radius 1 is 1.25 bits per heavy atom. The summed E-state index contributed by atoms with van der Waals surface area (Å²) >= 11 is 0. The number of aliphatic carboxylic acids is 1. The van der Waals surface area contributed by atoms with Gasteiger partial charge in [0.1, 0.15) is 0 Å². The summed E-state index contributed by atoms with van der Waals surface area (Å²) in [6.07, 6.45) is 4.46. The molecule has 4 heteroatoms. The van der Waals surface area contributed by atoms with E-state index in [9.17, 15) is 4.79 Å². The lowest BCUT2D eigenvalue weighted by Gasteiger charge is -2.26. The van der Waals surface area contributed by atoms with Crippen LogP contribution < -0.4 is 0 Å². The lowest BCUT2D eigenvalue weighted by Crippen LogP contribution is -2.26. The Labute approximate surface area is 96.9 Å². The molecule has 1 fully saturated rings. The van der Waals surface area contributed by atoms with Crippen LogP contribution in [0.5, 0.6) is 0 Å². The highest BCUT2D eigenvalue weighted by Crippen LogP contribution is 2.26. The number of carboxylic acid groups (broad SMARTS) is 1. The molecule has 1 aliphatic carbocycles. The van der Waals surface area contributed by atoms with Crippen LogP contribution in [-0.2, 0) is 14.3 Å². The first kappa shape index (κ1) is 13.5. The molecule has 0 bridgehead atoms. The van der Waals surface area contributed by atoms with Gasteiger partial charge in [-0.2, -0.15) is 0 Å². The molecular formula is C12H22O4. The van der Waals surface area contributed by atoms with Crippen LogP contribution in [0.15, 0.2) is 0 Å². The van der Waals surface area contributed by atoms with Crippen LogP contribution >= 0.6 is 0 Å². The predicted molar refractivity (Wildman–Crippen MR) is 60.4 cm³/mol. The molecule has 94 valence electrons. The molecule has 1 rings (SSSR count). The molecule has 0 saturated heterocycles. The predicted octanol–water partition coefficient (Wildman–Crippen LogP) is 2.07. The van der Waals surface area contributed by atoms with Crippen LogP contribution in [-0.4, -0.2) is 37.0 Å². The topological polar surface area (TPSA) is 55.8 Å². The summed E-state index contributed by atoms with van der Waals surface area (Å²) in [6.45, 7) is 4.21. The first-order chi connectivity index (χ1) is 7.74. The van der Waals surface area contributed by atoms with Crippen molar-refractivity contribution in [2.24, 2.45) is 5.92 Å². The third-order valence-electron chi connectivity index (χ3n) is 3.01. The largest absolute Gasteiger partial charge is 0.481 e. The monoisotopic (exact) mass is 230 g/mol.